The summed E-state index contributed by atoms with van der Waals surface area (Å²) < 4.78 is 313. The Labute approximate surface area is 565 Å². The fourth-order valence-electron chi connectivity index (χ4n) is 13.6. The third kappa shape index (κ3) is 11.8. The van der Waals surface area contributed by atoms with E-state index >= 15 is 13.2 Å². The monoisotopic (exact) mass is 1430 g/mol. The molecule has 0 atom stereocenters. The summed E-state index contributed by atoms with van der Waals surface area (Å²) >= 11 is 0. The van der Waals surface area contributed by atoms with Gasteiger partial charge < -0.3 is 13.7 Å². The molecule has 15 rings (SSSR count). The van der Waals surface area contributed by atoms with Gasteiger partial charge in [0.25, 0.3) is 0 Å². The molecule has 0 unspecified atom stereocenters. The normalized spacial score (nSPS) is 13.1. The van der Waals surface area contributed by atoms with Crippen molar-refractivity contribution in [2.75, 3.05) is 0 Å². The van der Waals surface area contributed by atoms with Gasteiger partial charge in [0.05, 0.1) is 89.1 Å². The lowest BCUT2D eigenvalue weighted by atomic mass is 9.92. The van der Waals surface area contributed by atoms with Gasteiger partial charge in [0, 0.05) is 79.4 Å². The van der Waals surface area contributed by atoms with Crippen LogP contribution in [0.15, 0.2) is 231 Å². The van der Waals surface area contributed by atoms with E-state index in [0.717, 1.165) is 12.1 Å². The van der Waals surface area contributed by atoms with Gasteiger partial charge in [-0.05, 0) is 167 Å². The Morgan fingerprint density at radius 1 is 0.214 bits per heavy atom. The topological polar surface area (TPSA) is 40.6 Å². The quantitative estimate of drug-likeness (QED) is 0.142. The van der Waals surface area contributed by atoms with E-state index in [1.165, 1.54) is 96.1 Å². The Bertz CT molecular complexity index is 5620. The average molecular weight is 1430 g/mol. The number of aromatic nitrogens is 5. The van der Waals surface area contributed by atoms with Gasteiger partial charge >= 0.3 is 43.2 Å². The minimum atomic E-state index is -5.26. The number of halogens is 21. The van der Waals surface area contributed by atoms with Crippen LogP contribution in [0.5, 0.6) is 0 Å². The fourth-order valence-corrected chi connectivity index (χ4v) is 13.6. The molecule has 5 nitrogen and oxygen atoms in total. The Hall–Kier alpha value is -11.6. The van der Waals surface area contributed by atoms with Crippen LogP contribution in [-0.4, -0.2) is 23.7 Å². The molecule has 10 aromatic carbocycles. The zero-order valence-corrected chi connectivity index (χ0v) is 51.6. The van der Waals surface area contributed by atoms with Crippen molar-refractivity contribution < 1.29 is 92.2 Å². The number of hydrogen-bond acceptors (Lipinski definition) is 2. The highest BCUT2D eigenvalue weighted by atomic mass is 19.4. The summed E-state index contributed by atoms with van der Waals surface area (Å²) in [6, 6.07) is 38.7. The van der Waals surface area contributed by atoms with Gasteiger partial charge in [0.2, 0.25) is 0 Å². The minimum absolute atomic E-state index is 0.0212. The lowest BCUT2D eigenvalue weighted by Crippen LogP contribution is -2.11. The summed E-state index contributed by atoms with van der Waals surface area (Å²) in [6.07, 6.45) is -31.6. The number of fused-ring (bicyclic) bond motifs is 9. The predicted molar refractivity (Wildman–Crippen MR) is 347 cm³/mol. The Kier molecular flexibility index (Phi) is 15.3. The molecule has 0 aliphatic heterocycles. The van der Waals surface area contributed by atoms with Crippen LogP contribution in [0.25, 0.3) is 138 Å². The number of hydrogen-bond donors (Lipinski definition) is 0. The standard InChI is InChI=1S/C77H38F21N5/c78-71(79,80)45-23-42(24-46(32-45)72(81,82)83)39-13-16-65-55(29-39)52-7-1-4-10-62(52)101(65)68-19-21-99-37-60(68)58-35-51(77(96,97)98)36-59(70(58)103-64-12-6-3-9-54(64)57-31-41(15-18-67(57)103)44-27-49(75(90,91)92)34-50(28-44)76(93,94)95)61-38-100-22-20-69(61)102-63-11-5-2-8-53(63)56-30-40(14-17-66(56)102)43-25-47(73(84,85)86)33-48(26-43)74(87,88)89/h1-38H. The lowest BCUT2D eigenvalue weighted by molar-refractivity contribution is -0.144. The van der Waals surface area contributed by atoms with Crippen LogP contribution < -0.4 is 0 Å². The summed E-state index contributed by atoms with van der Waals surface area (Å²) in [4.78, 5) is 8.90. The molecule has 0 fully saturated rings. The largest absolute Gasteiger partial charge is 0.416 e. The molecule has 0 spiro atoms. The highest BCUT2D eigenvalue weighted by Crippen LogP contribution is 2.51. The third-order valence-electron chi connectivity index (χ3n) is 18.1. The highest BCUT2D eigenvalue weighted by molar-refractivity contribution is 6.15. The van der Waals surface area contributed by atoms with Crippen LogP contribution >= 0.6 is 0 Å². The molecular formula is C77H38F21N5. The second kappa shape index (κ2) is 23.5. The first kappa shape index (κ1) is 67.3. The van der Waals surface area contributed by atoms with Crippen molar-refractivity contribution in [3.05, 3.63) is 270 Å². The van der Waals surface area contributed by atoms with Crippen molar-refractivity contribution in [1.82, 2.24) is 23.7 Å². The first-order chi connectivity index (χ1) is 48.5. The molecule has 0 aliphatic carbocycles. The maximum atomic E-state index is 16.4. The van der Waals surface area contributed by atoms with Crippen LogP contribution in [0.1, 0.15) is 38.9 Å². The zero-order chi connectivity index (χ0) is 73.0. The number of para-hydroxylation sites is 3. The van der Waals surface area contributed by atoms with Crippen LogP contribution in [0.2, 0.25) is 0 Å². The molecule has 0 bridgehead atoms. The van der Waals surface area contributed by atoms with Crippen LogP contribution in [0, 0.1) is 0 Å². The molecule has 0 saturated carbocycles. The average Bonchev–Trinajstić information content (AvgIpc) is 1.60. The van der Waals surface area contributed by atoms with Gasteiger partial charge in [-0.1, -0.05) is 72.8 Å². The van der Waals surface area contributed by atoms with E-state index in [9.17, 15) is 79.0 Å². The summed E-state index contributed by atoms with van der Waals surface area (Å²) in [5, 5.41) is 1.61. The van der Waals surface area contributed by atoms with Crippen molar-refractivity contribution in [2.45, 2.75) is 43.2 Å². The molecule has 5 heterocycles. The molecule has 0 amide bonds. The van der Waals surface area contributed by atoms with Crippen molar-refractivity contribution in [3.8, 4) is 72.7 Å². The van der Waals surface area contributed by atoms with E-state index in [2.05, 4.69) is 9.97 Å². The molecule has 0 aliphatic rings. The summed E-state index contributed by atoms with van der Waals surface area (Å²) in [5.41, 5.74) is -12.1. The number of alkyl halides is 21. The predicted octanol–water partition coefficient (Wildman–Crippen LogP) is 25.2. The molecule has 0 N–H and O–H groups in total. The third-order valence-corrected chi connectivity index (χ3v) is 18.1. The zero-order valence-electron chi connectivity index (χ0n) is 51.6. The summed E-state index contributed by atoms with van der Waals surface area (Å²) in [5.74, 6) is 0. The maximum absolute atomic E-state index is 16.4. The molecular weight excluding hydrogens is 1390 g/mol. The van der Waals surface area contributed by atoms with Gasteiger partial charge in [0.1, 0.15) is 0 Å². The van der Waals surface area contributed by atoms with E-state index in [1.807, 2.05) is 0 Å². The number of rotatable bonds is 8. The molecule has 5 aromatic heterocycles. The lowest BCUT2D eigenvalue weighted by Gasteiger charge is -2.24. The summed E-state index contributed by atoms with van der Waals surface area (Å²) in [6.45, 7) is 0. The van der Waals surface area contributed by atoms with E-state index in [1.54, 1.807) is 81.9 Å². The van der Waals surface area contributed by atoms with Gasteiger partial charge in [-0.2, -0.15) is 92.2 Å². The Balaban J connectivity index is 1.03. The molecule has 0 saturated heterocycles. The smallest absolute Gasteiger partial charge is 0.309 e. The SMILES string of the molecule is FC(F)(F)c1cc(-c2ccc3c(c2)c2ccccc2n3-c2ccncc2-c2cc(C(F)(F)F)cc(-c3cnccc3-n3c4ccccc4c4cc(-c5cc(C(F)(F)F)cc(C(F)(F)F)c5)ccc43)c2-n2c3ccccc3c3cc(-c4cc(C(F)(F)F)cc(C(F)(F)F)c4)ccc32)cc(C(F)(F)F)c1. The van der Waals surface area contributed by atoms with E-state index in [0.29, 0.717) is 58.2 Å². The molecule has 518 valence electrons. The van der Waals surface area contributed by atoms with Crippen molar-refractivity contribution in [2.24, 2.45) is 0 Å². The highest BCUT2D eigenvalue weighted by Gasteiger charge is 2.42. The van der Waals surface area contributed by atoms with Crippen LogP contribution in [0.3, 0.4) is 0 Å². The first-order valence-corrected chi connectivity index (χ1v) is 30.6. The molecule has 15 aromatic rings. The van der Waals surface area contributed by atoms with Gasteiger partial charge in [0.15, 0.2) is 0 Å². The van der Waals surface area contributed by atoms with Crippen LogP contribution in [-0.2, 0) is 43.2 Å². The Morgan fingerprint density at radius 3 is 0.757 bits per heavy atom. The number of pyridine rings is 2. The van der Waals surface area contributed by atoms with Gasteiger partial charge in [-0.25, -0.2) is 0 Å². The fraction of sp³-hybridized carbons (Fsp3) is 0.0909. The molecule has 0 radical (unpaired) electrons. The number of benzene rings is 10. The van der Waals surface area contributed by atoms with E-state index in [4.69, 9.17) is 0 Å². The second-order valence-corrected chi connectivity index (χ2v) is 24.3. The van der Waals surface area contributed by atoms with E-state index in [-0.39, 0.29) is 118 Å². The molecule has 103 heavy (non-hydrogen) atoms. The van der Waals surface area contributed by atoms with Gasteiger partial charge in [-0.15, -0.1) is 0 Å². The Morgan fingerprint density at radius 2 is 0.466 bits per heavy atom. The van der Waals surface area contributed by atoms with Crippen molar-refractivity contribution in [1.29, 1.82) is 0 Å². The van der Waals surface area contributed by atoms with Crippen molar-refractivity contribution >= 4 is 65.4 Å². The first-order valence-electron chi connectivity index (χ1n) is 30.6. The molecule has 26 heteroatoms. The minimum Gasteiger partial charge on any atom is -0.309 e. The maximum Gasteiger partial charge on any atom is 0.416 e. The second-order valence-electron chi connectivity index (χ2n) is 24.3. The van der Waals surface area contributed by atoms with Gasteiger partial charge in [-0.3, -0.25) is 9.97 Å². The van der Waals surface area contributed by atoms with Crippen molar-refractivity contribution in [3.63, 3.8) is 0 Å². The van der Waals surface area contributed by atoms with Crippen LogP contribution in [0.4, 0.5) is 92.2 Å². The van der Waals surface area contributed by atoms with E-state index < -0.39 is 98.9 Å². The number of nitrogens with zero attached hydrogens (tertiary/aromatic N) is 5. The summed E-state index contributed by atoms with van der Waals surface area (Å²) in [7, 11) is 0.